The lowest BCUT2D eigenvalue weighted by Crippen LogP contribution is -2.13. The summed E-state index contributed by atoms with van der Waals surface area (Å²) < 4.78 is 23.7. The van der Waals surface area contributed by atoms with Gasteiger partial charge in [-0.15, -0.1) is 0 Å². The zero-order chi connectivity index (χ0) is 32.2. The van der Waals surface area contributed by atoms with Crippen LogP contribution in [0.3, 0.4) is 0 Å². The number of nitriles is 1. The van der Waals surface area contributed by atoms with Crippen molar-refractivity contribution in [1.82, 2.24) is 0 Å². The number of non-ortho nitro benzene ring substituents is 1. The van der Waals surface area contributed by atoms with Crippen LogP contribution >= 0.6 is 11.6 Å². The third-order valence-corrected chi connectivity index (χ3v) is 6.53. The lowest BCUT2D eigenvalue weighted by atomic mass is 10.1. The highest BCUT2D eigenvalue weighted by Crippen LogP contribution is 2.38. The van der Waals surface area contributed by atoms with Crippen molar-refractivity contribution < 1.29 is 28.7 Å². The van der Waals surface area contributed by atoms with E-state index in [-0.39, 0.29) is 34.3 Å². The van der Waals surface area contributed by atoms with Crippen LogP contribution in [-0.2, 0) is 18.0 Å². The van der Waals surface area contributed by atoms with Crippen LogP contribution < -0.4 is 24.3 Å². The van der Waals surface area contributed by atoms with E-state index in [9.17, 15) is 20.2 Å². The molecule has 4 rings (SSSR count). The number of carbonyl (C=O) groups excluding carboxylic acids is 1. The van der Waals surface area contributed by atoms with Crippen LogP contribution in [0.2, 0.25) is 5.02 Å². The van der Waals surface area contributed by atoms with E-state index >= 15 is 0 Å². The maximum absolute atomic E-state index is 12.8. The number of nitro groups is 1. The Morgan fingerprint density at radius 3 is 2.31 bits per heavy atom. The highest BCUT2D eigenvalue weighted by Gasteiger charge is 2.17. The fourth-order valence-electron chi connectivity index (χ4n) is 4.21. The van der Waals surface area contributed by atoms with Gasteiger partial charge in [-0.3, -0.25) is 14.9 Å². The highest BCUT2D eigenvalue weighted by molar-refractivity contribution is 6.32. The van der Waals surface area contributed by atoms with Gasteiger partial charge in [-0.2, -0.15) is 5.26 Å². The molecule has 10 nitrogen and oxygen atoms in total. The second kappa shape index (κ2) is 15.8. The normalized spacial score (nSPS) is 10.8. The van der Waals surface area contributed by atoms with Gasteiger partial charge in [-0.25, -0.2) is 0 Å². The van der Waals surface area contributed by atoms with Gasteiger partial charge < -0.3 is 24.3 Å². The summed E-state index contributed by atoms with van der Waals surface area (Å²) in [5.41, 5.74) is 1.99. The van der Waals surface area contributed by atoms with Gasteiger partial charge in [0.05, 0.1) is 23.2 Å². The third kappa shape index (κ3) is 8.98. The van der Waals surface area contributed by atoms with Crippen molar-refractivity contribution in [3.05, 3.63) is 122 Å². The quantitative estimate of drug-likeness (QED) is 0.0649. The molecule has 0 atom stereocenters. The number of hydrogen-bond donors (Lipinski definition) is 1. The van der Waals surface area contributed by atoms with Crippen molar-refractivity contribution in [3.8, 4) is 29.1 Å². The summed E-state index contributed by atoms with van der Waals surface area (Å²) >= 11 is 6.60. The zero-order valence-corrected chi connectivity index (χ0v) is 25.4. The number of anilines is 1. The second-order valence-electron chi connectivity index (χ2n) is 9.47. The Labute approximate surface area is 265 Å². The van der Waals surface area contributed by atoms with E-state index in [1.807, 2.05) is 61.5 Å². The summed E-state index contributed by atoms with van der Waals surface area (Å²) in [6.07, 6.45) is 1.34. The molecule has 0 saturated heterocycles. The fraction of sp³-hybridized carbons (Fsp3) is 0.176. The summed E-state index contributed by atoms with van der Waals surface area (Å²) in [6.45, 7) is 4.99. The molecule has 0 saturated carbocycles. The number of halogens is 1. The smallest absolute Gasteiger partial charge is 0.271 e. The summed E-state index contributed by atoms with van der Waals surface area (Å²) in [7, 11) is 0. The van der Waals surface area contributed by atoms with Gasteiger partial charge >= 0.3 is 0 Å². The first-order valence-corrected chi connectivity index (χ1v) is 14.4. The number of benzene rings is 4. The Morgan fingerprint density at radius 1 is 0.867 bits per heavy atom. The molecular formula is C34H30ClN3O7. The number of nitrogens with one attached hydrogen (secondary N) is 1. The van der Waals surface area contributed by atoms with Crippen molar-refractivity contribution in [1.29, 1.82) is 5.26 Å². The first-order valence-electron chi connectivity index (χ1n) is 14.0. The molecule has 0 aliphatic heterocycles. The first kappa shape index (κ1) is 32.4. The van der Waals surface area contributed by atoms with Crippen molar-refractivity contribution in [2.24, 2.45) is 0 Å². The average Bonchev–Trinajstić information content (AvgIpc) is 3.03. The summed E-state index contributed by atoms with van der Waals surface area (Å²) in [6, 6.07) is 25.8. The molecule has 0 fully saturated rings. The third-order valence-electron chi connectivity index (χ3n) is 6.25. The number of amides is 1. The minimum absolute atomic E-state index is 0.142. The largest absolute Gasteiger partial charge is 0.490 e. The molecule has 0 bridgehead atoms. The second-order valence-corrected chi connectivity index (χ2v) is 9.88. The van der Waals surface area contributed by atoms with E-state index in [4.69, 9.17) is 30.5 Å². The molecule has 0 spiro atoms. The Hall–Kier alpha value is -5.53. The van der Waals surface area contributed by atoms with Crippen LogP contribution in [0.25, 0.3) is 6.08 Å². The Kier molecular flexibility index (Phi) is 11.4. The fourth-order valence-corrected chi connectivity index (χ4v) is 4.48. The monoisotopic (exact) mass is 627 g/mol. The molecule has 0 aliphatic rings. The molecule has 45 heavy (non-hydrogen) atoms. The van der Waals surface area contributed by atoms with E-state index in [1.165, 1.54) is 30.3 Å². The van der Waals surface area contributed by atoms with Crippen molar-refractivity contribution in [2.75, 3.05) is 18.5 Å². The van der Waals surface area contributed by atoms with Crippen molar-refractivity contribution in [2.45, 2.75) is 27.1 Å². The van der Waals surface area contributed by atoms with E-state index in [0.717, 1.165) is 11.1 Å². The molecule has 230 valence electrons. The molecule has 0 unspecified atom stereocenters. The first-order chi connectivity index (χ1) is 21.8. The minimum Gasteiger partial charge on any atom is -0.490 e. The zero-order valence-electron chi connectivity index (χ0n) is 24.6. The maximum atomic E-state index is 12.8. The topological polar surface area (TPSA) is 133 Å². The predicted octanol–water partition coefficient (Wildman–Crippen LogP) is 7.75. The van der Waals surface area contributed by atoms with Crippen molar-refractivity contribution >= 4 is 35.0 Å². The number of nitro benzene ring substituents is 1. The van der Waals surface area contributed by atoms with Crippen LogP contribution in [0.5, 0.6) is 23.0 Å². The molecule has 0 aliphatic carbocycles. The molecule has 1 amide bonds. The van der Waals surface area contributed by atoms with E-state index < -0.39 is 10.8 Å². The SMILES string of the molecule is CCOc1cc(COc2c(Cl)cc(/C=C(/C#N)C(=O)Nc3cccc([N+](=O)[O-])c3)cc2OCC)ccc1OCc1ccccc1. The van der Waals surface area contributed by atoms with Gasteiger partial charge in [-0.1, -0.05) is 54.1 Å². The van der Waals surface area contributed by atoms with Gasteiger partial charge in [0, 0.05) is 17.8 Å². The number of carbonyl (C=O) groups is 1. The van der Waals surface area contributed by atoms with Gasteiger partial charge in [0.2, 0.25) is 0 Å². The minimum atomic E-state index is -0.742. The molecular weight excluding hydrogens is 598 g/mol. The Balaban J connectivity index is 1.51. The Bertz CT molecular complexity index is 1740. The molecule has 4 aromatic carbocycles. The number of hydrogen-bond acceptors (Lipinski definition) is 8. The van der Waals surface area contributed by atoms with Crippen LogP contribution in [-0.4, -0.2) is 24.0 Å². The number of ether oxygens (including phenoxy) is 4. The molecule has 11 heteroatoms. The molecule has 0 radical (unpaired) electrons. The van der Waals surface area contributed by atoms with Crippen LogP contribution in [0, 0.1) is 21.4 Å². The van der Waals surface area contributed by atoms with Gasteiger partial charge in [0.15, 0.2) is 23.0 Å². The summed E-state index contributed by atoms with van der Waals surface area (Å²) in [5, 5.41) is 23.4. The molecule has 4 aromatic rings. The van der Waals surface area contributed by atoms with Crippen LogP contribution in [0.1, 0.15) is 30.5 Å². The lowest BCUT2D eigenvalue weighted by Gasteiger charge is -2.16. The van der Waals surface area contributed by atoms with Gasteiger partial charge in [0.1, 0.15) is 24.9 Å². The van der Waals surface area contributed by atoms with Crippen LogP contribution in [0.15, 0.2) is 90.5 Å². The number of nitrogens with zero attached hydrogens (tertiary/aromatic N) is 2. The Morgan fingerprint density at radius 2 is 1.60 bits per heavy atom. The number of rotatable bonds is 14. The van der Waals surface area contributed by atoms with Crippen LogP contribution in [0.4, 0.5) is 11.4 Å². The maximum Gasteiger partial charge on any atom is 0.271 e. The lowest BCUT2D eigenvalue weighted by molar-refractivity contribution is -0.384. The van der Waals surface area contributed by atoms with E-state index in [0.29, 0.717) is 42.6 Å². The van der Waals surface area contributed by atoms with E-state index in [2.05, 4.69) is 5.32 Å². The standard InChI is InChI=1S/C34H30ClN3O7/c1-3-42-31-17-24(13-14-30(31)44-21-23-9-6-5-7-10-23)22-45-33-29(35)16-25(18-32(33)43-4-2)15-26(20-36)34(39)37-27-11-8-12-28(19-27)38(40)41/h5-19H,3-4,21-22H2,1-2H3,(H,37,39)/b26-15-. The summed E-state index contributed by atoms with van der Waals surface area (Å²) in [5.74, 6) is 1.06. The highest BCUT2D eigenvalue weighted by atomic mass is 35.5. The van der Waals surface area contributed by atoms with Gasteiger partial charge in [0.25, 0.3) is 11.6 Å². The summed E-state index contributed by atoms with van der Waals surface area (Å²) in [4.78, 5) is 23.3. The predicted molar refractivity (Wildman–Crippen MR) is 171 cm³/mol. The van der Waals surface area contributed by atoms with Crippen molar-refractivity contribution in [3.63, 3.8) is 0 Å². The molecule has 1 N–H and O–H groups in total. The van der Waals surface area contributed by atoms with E-state index in [1.54, 1.807) is 19.1 Å². The molecule has 0 aromatic heterocycles. The molecule has 0 heterocycles. The average molecular weight is 628 g/mol. The van der Waals surface area contributed by atoms with Gasteiger partial charge in [-0.05, 0) is 66.9 Å².